The summed E-state index contributed by atoms with van der Waals surface area (Å²) in [6, 6.07) is 9.22. The Kier molecular flexibility index (Phi) is 7.84. The zero-order chi connectivity index (χ0) is 22.5. The quantitative estimate of drug-likeness (QED) is 0.506. The number of ether oxygens (including phenoxy) is 1. The summed E-state index contributed by atoms with van der Waals surface area (Å²) in [5.74, 6) is -0.528. The molecule has 30 heavy (non-hydrogen) atoms. The van der Waals surface area contributed by atoms with Gasteiger partial charge in [0.1, 0.15) is 5.82 Å². The van der Waals surface area contributed by atoms with Crippen molar-refractivity contribution < 1.29 is 30.1 Å². The van der Waals surface area contributed by atoms with Gasteiger partial charge < -0.3 is 8.92 Å². The van der Waals surface area contributed by atoms with Crippen LogP contribution in [0, 0.1) is 11.7 Å². The van der Waals surface area contributed by atoms with Crippen LogP contribution in [0.3, 0.4) is 0 Å². The van der Waals surface area contributed by atoms with Crippen molar-refractivity contribution in [1.82, 2.24) is 4.31 Å². The minimum absolute atomic E-state index is 0.0134. The summed E-state index contributed by atoms with van der Waals surface area (Å²) in [7, 11) is -6.32. The number of methoxy groups -OCH3 is 1. The van der Waals surface area contributed by atoms with E-state index < -0.39 is 26.0 Å². The van der Waals surface area contributed by atoms with E-state index in [0.717, 1.165) is 12.1 Å². The molecule has 0 N–H and O–H groups in total. The van der Waals surface area contributed by atoms with Crippen molar-refractivity contribution >= 4 is 20.1 Å². The fourth-order valence-corrected chi connectivity index (χ4v) is 4.81. The maximum Gasteiger partial charge on any atom is 0.309 e. The summed E-state index contributed by atoms with van der Waals surface area (Å²) >= 11 is 0. The van der Waals surface area contributed by atoms with Crippen LogP contribution in [-0.4, -0.2) is 40.5 Å². The first-order chi connectivity index (χ1) is 14.0. The number of rotatable bonds is 10. The highest BCUT2D eigenvalue weighted by atomic mass is 32.2. The Labute approximate surface area is 177 Å². The first kappa shape index (κ1) is 24.1. The van der Waals surface area contributed by atoms with E-state index in [-0.39, 0.29) is 41.2 Å². The molecule has 0 aliphatic heterocycles. The highest BCUT2D eigenvalue weighted by Crippen LogP contribution is 2.31. The predicted molar refractivity (Wildman–Crippen MR) is 112 cm³/mol. The number of nitrogens with zero attached hydrogens (tertiary/aromatic N) is 1. The Morgan fingerprint density at radius 2 is 1.63 bits per heavy atom. The van der Waals surface area contributed by atoms with Crippen molar-refractivity contribution in [3.63, 3.8) is 0 Å². The van der Waals surface area contributed by atoms with E-state index in [0.29, 0.717) is 5.56 Å². The molecule has 0 aliphatic rings. The summed E-state index contributed by atoms with van der Waals surface area (Å²) < 4.78 is 74.7. The largest absolute Gasteiger partial charge is 0.493 e. The lowest BCUT2D eigenvalue weighted by atomic mass is 10.2. The number of benzene rings is 2. The molecule has 2 aromatic carbocycles. The van der Waals surface area contributed by atoms with Gasteiger partial charge in [-0.3, -0.25) is 0 Å². The van der Waals surface area contributed by atoms with Gasteiger partial charge in [-0.05, 0) is 54.8 Å². The van der Waals surface area contributed by atoms with Crippen LogP contribution in [0.5, 0.6) is 11.5 Å². The molecule has 0 amide bonds. The van der Waals surface area contributed by atoms with Crippen molar-refractivity contribution in [2.75, 3.05) is 19.4 Å². The molecule has 0 atom stereocenters. The second kappa shape index (κ2) is 9.76. The molecule has 2 rings (SSSR count). The second-order valence-electron chi connectivity index (χ2n) is 7.06. The summed E-state index contributed by atoms with van der Waals surface area (Å²) in [6.07, 6.45) is 0. The Balaban J connectivity index is 2.42. The molecule has 0 fully saturated rings. The van der Waals surface area contributed by atoms with Crippen molar-refractivity contribution in [3.8, 4) is 11.5 Å². The summed E-state index contributed by atoms with van der Waals surface area (Å²) in [4.78, 5) is -0.0249. The third-order valence-corrected chi connectivity index (χ3v) is 7.14. The zero-order valence-corrected chi connectivity index (χ0v) is 19.0. The second-order valence-corrected chi connectivity index (χ2v) is 10.9. The van der Waals surface area contributed by atoms with E-state index >= 15 is 0 Å². The van der Waals surface area contributed by atoms with Crippen LogP contribution in [0.15, 0.2) is 47.4 Å². The van der Waals surface area contributed by atoms with Crippen LogP contribution in [0.25, 0.3) is 0 Å². The molecule has 0 spiro atoms. The maximum absolute atomic E-state index is 13.2. The smallest absolute Gasteiger partial charge is 0.309 e. The molecule has 7 nitrogen and oxygen atoms in total. The molecule has 0 aromatic heterocycles. The number of halogens is 1. The zero-order valence-electron chi connectivity index (χ0n) is 17.3. The molecule has 0 saturated heterocycles. The fraction of sp³-hybridized carbons (Fsp3) is 0.400. The SMILES string of the molecule is CCS(=O)(=O)Oc1cc(CN(CC(C)C)S(=O)(=O)c2ccc(F)cc2)ccc1OC. The predicted octanol–water partition coefficient (Wildman–Crippen LogP) is 3.41. The summed E-state index contributed by atoms with van der Waals surface area (Å²) in [5.41, 5.74) is 0.517. The van der Waals surface area contributed by atoms with Crippen LogP contribution >= 0.6 is 0 Å². The van der Waals surface area contributed by atoms with E-state index in [1.165, 1.54) is 42.6 Å². The van der Waals surface area contributed by atoms with Gasteiger partial charge in [0.05, 0.1) is 17.8 Å². The third-order valence-electron chi connectivity index (χ3n) is 4.18. The molecule has 166 valence electrons. The number of hydrogen-bond donors (Lipinski definition) is 0. The molecular weight excluding hydrogens is 433 g/mol. The monoisotopic (exact) mass is 459 g/mol. The van der Waals surface area contributed by atoms with Crippen LogP contribution in [-0.2, 0) is 26.7 Å². The van der Waals surface area contributed by atoms with E-state index in [4.69, 9.17) is 8.92 Å². The topological polar surface area (TPSA) is 90.0 Å². The minimum Gasteiger partial charge on any atom is -0.493 e. The fourth-order valence-electron chi connectivity index (χ4n) is 2.69. The lowest BCUT2D eigenvalue weighted by Gasteiger charge is -2.24. The Morgan fingerprint density at radius 3 is 2.17 bits per heavy atom. The van der Waals surface area contributed by atoms with E-state index in [9.17, 15) is 21.2 Å². The van der Waals surface area contributed by atoms with Crippen molar-refractivity contribution in [3.05, 3.63) is 53.8 Å². The highest BCUT2D eigenvalue weighted by Gasteiger charge is 2.26. The molecule has 0 bridgehead atoms. The average Bonchev–Trinajstić information content (AvgIpc) is 2.67. The Bertz CT molecular complexity index is 1070. The molecule has 0 aliphatic carbocycles. The van der Waals surface area contributed by atoms with Gasteiger partial charge >= 0.3 is 10.1 Å². The van der Waals surface area contributed by atoms with Crippen LogP contribution in [0.1, 0.15) is 26.3 Å². The van der Waals surface area contributed by atoms with Gasteiger partial charge in [0.15, 0.2) is 11.5 Å². The third kappa shape index (κ3) is 6.16. The normalized spacial score (nSPS) is 12.4. The van der Waals surface area contributed by atoms with Crippen LogP contribution < -0.4 is 8.92 Å². The molecular formula is C20H26FNO6S2. The highest BCUT2D eigenvalue weighted by molar-refractivity contribution is 7.89. The van der Waals surface area contributed by atoms with Gasteiger partial charge in [-0.25, -0.2) is 12.8 Å². The Morgan fingerprint density at radius 1 is 1.00 bits per heavy atom. The van der Waals surface area contributed by atoms with Crippen LogP contribution in [0.4, 0.5) is 4.39 Å². The van der Waals surface area contributed by atoms with Gasteiger partial charge in [-0.1, -0.05) is 19.9 Å². The van der Waals surface area contributed by atoms with E-state index in [1.807, 2.05) is 13.8 Å². The molecule has 10 heteroatoms. The van der Waals surface area contributed by atoms with Gasteiger partial charge in [0.25, 0.3) is 0 Å². The summed E-state index contributed by atoms with van der Waals surface area (Å²) in [5, 5.41) is 0. The molecule has 0 radical (unpaired) electrons. The molecule has 0 heterocycles. The van der Waals surface area contributed by atoms with Gasteiger partial charge in [-0.15, -0.1) is 0 Å². The standard InChI is InChI=1S/C20H26FNO6S2/c1-5-29(23,24)28-20-12-16(6-11-19(20)27-4)14-22(13-15(2)3)30(25,26)18-9-7-17(21)8-10-18/h6-12,15H,5,13-14H2,1-4H3. The lowest BCUT2D eigenvalue weighted by molar-refractivity contribution is 0.360. The number of hydrogen-bond acceptors (Lipinski definition) is 6. The molecule has 2 aromatic rings. The van der Waals surface area contributed by atoms with Crippen molar-refractivity contribution in [1.29, 1.82) is 0 Å². The summed E-state index contributed by atoms with van der Waals surface area (Å²) in [6.45, 7) is 5.40. The maximum atomic E-state index is 13.2. The van der Waals surface area contributed by atoms with Crippen molar-refractivity contribution in [2.24, 2.45) is 5.92 Å². The van der Waals surface area contributed by atoms with Gasteiger partial charge in [-0.2, -0.15) is 12.7 Å². The molecule has 0 unspecified atom stereocenters. The van der Waals surface area contributed by atoms with E-state index in [2.05, 4.69) is 0 Å². The Hall–Kier alpha value is -2.17. The lowest BCUT2D eigenvalue weighted by Crippen LogP contribution is -2.33. The van der Waals surface area contributed by atoms with Crippen LogP contribution in [0.2, 0.25) is 0 Å². The van der Waals surface area contributed by atoms with Gasteiger partial charge in [0, 0.05) is 13.1 Å². The number of sulfonamides is 1. The average molecular weight is 460 g/mol. The first-order valence-electron chi connectivity index (χ1n) is 9.33. The van der Waals surface area contributed by atoms with E-state index in [1.54, 1.807) is 6.07 Å². The van der Waals surface area contributed by atoms with Crippen molar-refractivity contribution in [2.45, 2.75) is 32.2 Å². The minimum atomic E-state index is -3.90. The van der Waals surface area contributed by atoms with Gasteiger partial charge in [0.2, 0.25) is 10.0 Å². The molecule has 0 saturated carbocycles. The first-order valence-corrected chi connectivity index (χ1v) is 12.3.